The zero-order chi connectivity index (χ0) is 25.2. The highest BCUT2D eigenvalue weighted by Gasteiger charge is 2.47. The maximum Gasteiger partial charge on any atom is 0.416 e. The van der Waals surface area contributed by atoms with Gasteiger partial charge in [-0.1, -0.05) is 33.7 Å². The van der Waals surface area contributed by atoms with Crippen molar-refractivity contribution < 1.29 is 39.5 Å². The first-order valence-corrected chi connectivity index (χ1v) is 13.6. The van der Waals surface area contributed by atoms with Gasteiger partial charge in [0, 0.05) is 18.9 Å². The second-order valence-corrected chi connectivity index (χ2v) is 11.7. The Labute approximate surface area is 211 Å². The van der Waals surface area contributed by atoms with E-state index in [9.17, 15) is 24.9 Å². The third kappa shape index (κ3) is 5.19. The molecule has 1 aromatic rings. The molecule has 12 heteroatoms. The van der Waals surface area contributed by atoms with Gasteiger partial charge < -0.3 is 34.8 Å². The quantitative estimate of drug-likeness (QED) is 0.222. The van der Waals surface area contributed by atoms with Crippen LogP contribution in [0.15, 0.2) is 24.3 Å². The summed E-state index contributed by atoms with van der Waals surface area (Å²) in [6.07, 6.45) is -1.24. The van der Waals surface area contributed by atoms with Crippen molar-refractivity contribution in [2.45, 2.75) is 43.1 Å². The molecule has 10 nitrogen and oxygen atoms in total. The number of nitrogens with zero attached hydrogens (tertiary/aromatic N) is 2. The van der Waals surface area contributed by atoms with E-state index >= 15 is 0 Å². The number of amides is 2. The van der Waals surface area contributed by atoms with Gasteiger partial charge in [-0.15, -0.1) is 0 Å². The molecule has 2 saturated heterocycles. The van der Waals surface area contributed by atoms with E-state index in [0.717, 1.165) is 10.5 Å². The fourth-order valence-electron chi connectivity index (χ4n) is 4.59. The van der Waals surface area contributed by atoms with Crippen molar-refractivity contribution in [3.8, 4) is 0 Å². The van der Waals surface area contributed by atoms with Crippen LogP contribution in [-0.2, 0) is 22.7 Å². The molecule has 3 aliphatic rings. The fraction of sp³-hybridized carbons (Fsp3) is 0.565. The lowest BCUT2D eigenvalue weighted by molar-refractivity contribution is 0.0482. The highest BCUT2D eigenvalue weighted by molar-refractivity contribution is 8.77. The summed E-state index contributed by atoms with van der Waals surface area (Å²) in [6.45, 7) is 4.34. The summed E-state index contributed by atoms with van der Waals surface area (Å²) in [5, 5.41) is 40.0. The van der Waals surface area contributed by atoms with E-state index in [1.54, 1.807) is 0 Å². The summed E-state index contributed by atoms with van der Waals surface area (Å²) < 4.78 is 10.8. The standard InChI is InChI=1S/C23H30N2O8S2/c1-14-6-19-21(30)25(22(31)33-13-23(2-4-32-12-23)35-34-5-3-26)18-8-16(11-28)15(10-27)7-17(18)20(29)24(19)9-14/h7-8,19,21,26-28,30H,1-6,9-13H2/t19-,21?,23?/m0/s1. The first-order valence-electron chi connectivity index (χ1n) is 11.3. The summed E-state index contributed by atoms with van der Waals surface area (Å²) in [5.74, 6) is 0.132. The monoisotopic (exact) mass is 526 g/mol. The van der Waals surface area contributed by atoms with Crippen LogP contribution < -0.4 is 4.90 Å². The van der Waals surface area contributed by atoms with E-state index in [0.29, 0.717) is 42.9 Å². The Kier molecular flexibility index (Phi) is 8.31. The number of hydrogen-bond donors (Lipinski definition) is 4. The number of ether oxygens (including phenoxy) is 2. The SMILES string of the molecule is C=C1C[C@H]2C(O)N(C(=O)OCC3(SSCCO)CCOC3)c3cc(CO)c(CO)cc3C(=O)N2C1. The molecule has 1 aromatic carbocycles. The van der Waals surface area contributed by atoms with Gasteiger partial charge in [-0.05, 0) is 36.1 Å². The third-order valence-electron chi connectivity index (χ3n) is 6.44. The van der Waals surface area contributed by atoms with Gasteiger partial charge in [-0.25, -0.2) is 9.69 Å². The number of fused-ring (bicyclic) bond motifs is 2. The molecule has 3 atom stereocenters. The van der Waals surface area contributed by atoms with Crippen molar-refractivity contribution >= 4 is 39.3 Å². The molecule has 4 rings (SSSR count). The van der Waals surface area contributed by atoms with Gasteiger partial charge in [0.05, 0.1) is 48.5 Å². The Morgan fingerprint density at radius 1 is 1.26 bits per heavy atom. The van der Waals surface area contributed by atoms with Crippen LogP contribution in [0, 0.1) is 0 Å². The van der Waals surface area contributed by atoms with Gasteiger partial charge in [0.25, 0.3) is 5.91 Å². The number of aliphatic hydroxyl groups is 4. The number of rotatable bonds is 8. The van der Waals surface area contributed by atoms with Crippen molar-refractivity contribution in [2.75, 3.05) is 43.6 Å². The van der Waals surface area contributed by atoms with Gasteiger partial charge in [-0.2, -0.15) is 0 Å². The normalized spacial score (nSPS) is 26.1. The minimum Gasteiger partial charge on any atom is -0.447 e. The smallest absolute Gasteiger partial charge is 0.416 e. The van der Waals surface area contributed by atoms with E-state index in [4.69, 9.17) is 14.6 Å². The highest BCUT2D eigenvalue weighted by Crippen LogP contribution is 2.43. The Hall–Kier alpha value is -1.80. The van der Waals surface area contributed by atoms with E-state index in [-0.39, 0.29) is 31.0 Å². The maximum atomic E-state index is 13.5. The first kappa shape index (κ1) is 26.3. The molecule has 2 unspecified atom stereocenters. The lowest BCUT2D eigenvalue weighted by Crippen LogP contribution is -2.51. The molecule has 0 bridgehead atoms. The number of hydrogen-bond acceptors (Lipinski definition) is 10. The van der Waals surface area contributed by atoms with Crippen LogP contribution in [0.1, 0.15) is 34.3 Å². The maximum absolute atomic E-state index is 13.5. The van der Waals surface area contributed by atoms with Crippen LogP contribution in [0.5, 0.6) is 0 Å². The van der Waals surface area contributed by atoms with Crippen LogP contribution in [0.25, 0.3) is 0 Å². The average molecular weight is 527 g/mol. The van der Waals surface area contributed by atoms with Crippen molar-refractivity contribution in [3.05, 3.63) is 41.0 Å². The van der Waals surface area contributed by atoms with Crippen LogP contribution in [0.3, 0.4) is 0 Å². The highest BCUT2D eigenvalue weighted by atomic mass is 33.1. The van der Waals surface area contributed by atoms with Crippen LogP contribution in [0.4, 0.5) is 10.5 Å². The van der Waals surface area contributed by atoms with Gasteiger partial charge in [0.15, 0.2) is 6.23 Å². The Morgan fingerprint density at radius 3 is 2.66 bits per heavy atom. The Morgan fingerprint density at radius 2 is 2.00 bits per heavy atom. The topological polar surface area (TPSA) is 140 Å². The molecule has 0 spiro atoms. The first-order chi connectivity index (χ1) is 16.8. The summed E-state index contributed by atoms with van der Waals surface area (Å²) in [5.41, 5.74) is 1.71. The minimum absolute atomic E-state index is 0.0180. The second-order valence-electron chi connectivity index (χ2n) is 8.86. The molecule has 0 radical (unpaired) electrons. The van der Waals surface area contributed by atoms with Gasteiger partial charge in [0.2, 0.25) is 0 Å². The van der Waals surface area contributed by atoms with Gasteiger partial charge in [0.1, 0.15) is 6.61 Å². The molecule has 0 aliphatic carbocycles. The third-order valence-corrected chi connectivity index (χ3v) is 9.62. The zero-order valence-electron chi connectivity index (χ0n) is 19.2. The van der Waals surface area contributed by atoms with E-state index < -0.39 is 42.2 Å². The number of benzene rings is 1. The molecular formula is C23H30N2O8S2. The van der Waals surface area contributed by atoms with Crippen LogP contribution in [-0.4, -0.2) is 93.1 Å². The summed E-state index contributed by atoms with van der Waals surface area (Å²) in [6, 6.07) is 2.19. The number of carbonyl (C=O) groups excluding carboxylic acids is 2. The van der Waals surface area contributed by atoms with Crippen molar-refractivity contribution in [1.82, 2.24) is 4.90 Å². The molecule has 4 N–H and O–H groups in total. The van der Waals surface area contributed by atoms with Crippen molar-refractivity contribution in [3.63, 3.8) is 0 Å². The second kappa shape index (κ2) is 11.1. The lowest BCUT2D eigenvalue weighted by atomic mass is 10.0. The molecule has 0 saturated carbocycles. The van der Waals surface area contributed by atoms with Crippen molar-refractivity contribution in [1.29, 1.82) is 0 Å². The largest absolute Gasteiger partial charge is 0.447 e. The molecule has 3 heterocycles. The van der Waals surface area contributed by atoms with E-state index in [2.05, 4.69) is 6.58 Å². The number of carbonyl (C=O) groups is 2. The molecule has 3 aliphatic heterocycles. The predicted molar refractivity (Wildman–Crippen MR) is 132 cm³/mol. The Balaban J connectivity index is 1.67. The molecule has 192 valence electrons. The summed E-state index contributed by atoms with van der Waals surface area (Å²) >= 11 is 0. The predicted octanol–water partition coefficient (Wildman–Crippen LogP) is 1.25. The number of aliphatic hydroxyl groups excluding tert-OH is 4. The molecule has 35 heavy (non-hydrogen) atoms. The zero-order valence-corrected chi connectivity index (χ0v) is 20.9. The number of anilines is 1. The molecule has 0 aromatic heterocycles. The van der Waals surface area contributed by atoms with E-state index in [1.165, 1.54) is 38.6 Å². The molecule has 2 fully saturated rings. The molecule has 2 amide bonds. The fourth-order valence-corrected chi connectivity index (χ4v) is 7.17. The van der Waals surface area contributed by atoms with E-state index in [1.807, 2.05) is 0 Å². The minimum atomic E-state index is -1.40. The molecular weight excluding hydrogens is 496 g/mol. The van der Waals surface area contributed by atoms with Crippen molar-refractivity contribution in [2.24, 2.45) is 0 Å². The lowest BCUT2D eigenvalue weighted by Gasteiger charge is -2.33. The van der Waals surface area contributed by atoms with Gasteiger partial charge >= 0.3 is 6.09 Å². The Bertz CT molecular complexity index is 985. The van der Waals surface area contributed by atoms with Crippen LogP contribution >= 0.6 is 21.6 Å². The average Bonchev–Trinajstić information content (AvgIpc) is 3.47. The summed E-state index contributed by atoms with van der Waals surface area (Å²) in [7, 11) is 2.97. The van der Waals surface area contributed by atoms with Gasteiger partial charge in [-0.3, -0.25) is 4.79 Å². The summed E-state index contributed by atoms with van der Waals surface area (Å²) in [4.78, 5) is 29.4. The van der Waals surface area contributed by atoms with Crippen LogP contribution in [0.2, 0.25) is 0 Å².